The van der Waals surface area contributed by atoms with E-state index in [0.717, 1.165) is 0 Å². The van der Waals surface area contributed by atoms with Gasteiger partial charge in [0.1, 0.15) is 0 Å². The molecule has 0 spiro atoms. The number of nitrogens with one attached hydrogen (secondary N) is 1. The molecular formula is C11H18N2OS. The molecule has 0 aliphatic carbocycles. The molecule has 84 valence electrons. The van der Waals surface area contributed by atoms with Crippen LogP contribution in [0, 0.1) is 6.92 Å². The number of hydrogen-bond acceptors (Lipinski definition) is 2. The number of carbonyl (C=O) groups is 1. The summed E-state index contributed by atoms with van der Waals surface area (Å²) in [6.45, 7) is 6.67. The molecule has 4 heteroatoms. The van der Waals surface area contributed by atoms with Crippen LogP contribution in [0.4, 0.5) is 4.79 Å². The molecule has 0 unspecified atom stereocenters. The molecule has 0 aliphatic heterocycles. The van der Waals surface area contributed by atoms with E-state index in [0.29, 0.717) is 6.54 Å². The molecule has 0 atom stereocenters. The fraction of sp³-hybridized carbons (Fsp3) is 0.545. The monoisotopic (exact) mass is 226 g/mol. The van der Waals surface area contributed by atoms with Gasteiger partial charge in [0.15, 0.2) is 0 Å². The molecule has 1 aromatic rings. The Labute approximate surface area is 95.1 Å². The van der Waals surface area contributed by atoms with Crippen molar-refractivity contribution < 1.29 is 4.79 Å². The molecule has 0 fully saturated rings. The molecule has 3 nitrogen and oxygen atoms in total. The van der Waals surface area contributed by atoms with Crippen molar-refractivity contribution in [1.82, 2.24) is 10.2 Å². The highest BCUT2D eigenvalue weighted by Gasteiger charge is 2.11. The lowest BCUT2D eigenvalue weighted by Crippen LogP contribution is -2.40. The fourth-order valence-electron chi connectivity index (χ4n) is 1.21. The molecule has 0 aliphatic rings. The van der Waals surface area contributed by atoms with Crippen molar-refractivity contribution in [3.8, 4) is 0 Å². The second-order valence-corrected chi connectivity index (χ2v) is 4.99. The molecule has 2 amide bonds. The second-order valence-electron chi connectivity index (χ2n) is 3.99. The van der Waals surface area contributed by atoms with E-state index < -0.39 is 0 Å². The highest BCUT2D eigenvalue weighted by molar-refractivity contribution is 7.10. The Kier molecular flexibility index (Phi) is 4.15. The quantitative estimate of drug-likeness (QED) is 0.844. The number of nitrogens with zero attached hydrogens (tertiary/aromatic N) is 1. The zero-order valence-corrected chi connectivity index (χ0v) is 10.5. The third-order valence-corrected chi connectivity index (χ3v) is 3.12. The smallest absolute Gasteiger partial charge is 0.317 e. The van der Waals surface area contributed by atoms with Crippen LogP contribution in [0.2, 0.25) is 0 Å². The minimum absolute atomic E-state index is 0.0159. The minimum Gasteiger partial charge on any atom is -0.336 e. The van der Waals surface area contributed by atoms with Crippen molar-refractivity contribution in [2.45, 2.75) is 33.4 Å². The Morgan fingerprint density at radius 3 is 2.73 bits per heavy atom. The van der Waals surface area contributed by atoms with E-state index in [2.05, 4.69) is 23.7 Å². The maximum atomic E-state index is 11.6. The largest absolute Gasteiger partial charge is 0.336 e. The standard InChI is InChI=1S/C11H18N2OS/c1-8(2)12-11(14)13(4)7-10-9(3)5-6-15-10/h5-6,8H,7H2,1-4H3,(H,12,14). The first-order chi connectivity index (χ1) is 7.00. The Morgan fingerprint density at radius 2 is 2.27 bits per heavy atom. The van der Waals surface area contributed by atoms with E-state index in [1.54, 1.807) is 16.2 Å². The normalized spacial score (nSPS) is 10.5. The summed E-state index contributed by atoms with van der Waals surface area (Å²) in [6.07, 6.45) is 0. The molecule has 0 radical (unpaired) electrons. The summed E-state index contributed by atoms with van der Waals surface area (Å²) >= 11 is 1.69. The number of amides is 2. The van der Waals surface area contributed by atoms with Gasteiger partial charge in [0, 0.05) is 18.0 Å². The average Bonchev–Trinajstić information content (AvgIpc) is 2.50. The third-order valence-electron chi connectivity index (χ3n) is 2.11. The van der Waals surface area contributed by atoms with Gasteiger partial charge in [0.2, 0.25) is 0 Å². The van der Waals surface area contributed by atoms with Gasteiger partial charge in [-0.2, -0.15) is 0 Å². The zero-order chi connectivity index (χ0) is 11.4. The molecule has 1 heterocycles. The summed E-state index contributed by atoms with van der Waals surface area (Å²) in [6, 6.07) is 2.25. The summed E-state index contributed by atoms with van der Waals surface area (Å²) in [5.74, 6) is 0. The van der Waals surface area contributed by atoms with E-state index >= 15 is 0 Å². The predicted molar refractivity (Wildman–Crippen MR) is 64.2 cm³/mol. The molecule has 1 N–H and O–H groups in total. The zero-order valence-electron chi connectivity index (χ0n) is 9.70. The lowest BCUT2D eigenvalue weighted by atomic mass is 10.3. The number of rotatable bonds is 3. The van der Waals surface area contributed by atoms with E-state index in [1.165, 1.54) is 10.4 Å². The van der Waals surface area contributed by atoms with Crippen LogP contribution in [0.15, 0.2) is 11.4 Å². The average molecular weight is 226 g/mol. The summed E-state index contributed by atoms with van der Waals surface area (Å²) in [5.41, 5.74) is 1.25. The SMILES string of the molecule is Cc1ccsc1CN(C)C(=O)NC(C)C. The number of hydrogen-bond donors (Lipinski definition) is 1. The van der Waals surface area contributed by atoms with Crippen LogP contribution in [0.3, 0.4) is 0 Å². The Bertz CT molecular complexity index is 333. The first-order valence-corrected chi connectivity index (χ1v) is 5.93. The summed E-state index contributed by atoms with van der Waals surface area (Å²) in [4.78, 5) is 14.6. The summed E-state index contributed by atoms with van der Waals surface area (Å²) in [5, 5.41) is 4.92. The third kappa shape index (κ3) is 3.55. The minimum atomic E-state index is -0.0159. The topological polar surface area (TPSA) is 32.3 Å². The first-order valence-electron chi connectivity index (χ1n) is 5.05. The number of aryl methyl sites for hydroxylation is 1. The van der Waals surface area contributed by atoms with Gasteiger partial charge >= 0.3 is 6.03 Å². The molecular weight excluding hydrogens is 208 g/mol. The van der Waals surface area contributed by atoms with Crippen LogP contribution >= 0.6 is 11.3 Å². The van der Waals surface area contributed by atoms with Gasteiger partial charge in [-0.15, -0.1) is 11.3 Å². The molecule has 0 saturated heterocycles. The number of thiophene rings is 1. The van der Waals surface area contributed by atoms with Crippen molar-refractivity contribution in [2.24, 2.45) is 0 Å². The van der Waals surface area contributed by atoms with Crippen molar-refractivity contribution in [1.29, 1.82) is 0 Å². The van der Waals surface area contributed by atoms with Crippen LogP contribution in [0.5, 0.6) is 0 Å². The Morgan fingerprint density at radius 1 is 1.60 bits per heavy atom. The summed E-state index contributed by atoms with van der Waals surface area (Å²) in [7, 11) is 1.82. The lowest BCUT2D eigenvalue weighted by molar-refractivity contribution is 0.204. The maximum Gasteiger partial charge on any atom is 0.317 e. The highest BCUT2D eigenvalue weighted by Crippen LogP contribution is 2.17. The van der Waals surface area contributed by atoms with Gasteiger partial charge < -0.3 is 10.2 Å². The van der Waals surface area contributed by atoms with Gasteiger partial charge in [-0.25, -0.2) is 4.79 Å². The Hall–Kier alpha value is -1.03. The molecule has 0 bridgehead atoms. The van der Waals surface area contributed by atoms with E-state index in [9.17, 15) is 4.79 Å². The first kappa shape index (κ1) is 12.0. The van der Waals surface area contributed by atoms with E-state index in [-0.39, 0.29) is 12.1 Å². The molecule has 1 aromatic heterocycles. The Balaban J connectivity index is 2.52. The van der Waals surface area contributed by atoms with Gasteiger partial charge in [-0.1, -0.05) is 0 Å². The van der Waals surface area contributed by atoms with Crippen LogP contribution in [-0.2, 0) is 6.54 Å². The van der Waals surface area contributed by atoms with Crippen LogP contribution in [-0.4, -0.2) is 24.0 Å². The summed E-state index contributed by atoms with van der Waals surface area (Å²) < 4.78 is 0. The van der Waals surface area contributed by atoms with Gasteiger partial charge in [-0.3, -0.25) is 0 Å². The number of carbonyl (C=O) groups excluding carboxylic acids is 1. The second kappa shape index (κ2) is 5.16. The number of urea groups is 1. The highest BCUT2D eigenvalue weighted by atomic mass is 32.1. The van der Waals surface area contributed by atoms with Gasteiger partial charge in [-0.05, 0) is 37.8 Å². The molecule has 1 rings (SSSR count). The predicted octanol–water partition coefficient (Wildman–Crippen LogP) is 2.61. The molecule has 0 aromatic carbocycles. The van der Waals surface area contributed by atoms with Gasteiger partial charge in [0.25, 0.3) is 0 Å². The van der Waals surface area contributed by atoms with Crippen molar-refractivity contribution in [3.63, 3.8) is 0 Å². The van der Waals surface area contributed by atoms with Crippen molar-refractivity contribution in [2.75, 3.05) is 7.05 Å². The fourth-order valence-corrected chi connectivity index (χ4v) is 2.17. The van der Waals surface area contributed by atoms with Crippen molar-refractivity contribution in [3.05, 3.63) is 21.9 Å². The van der Waals surface area contributed by atoms with E-state index in [4.69, 9.17) is 0 Å². The van der Waals surface area contributed by atoms with Crippen LogP contribution in [0.25, 0.3) is 0 Å². The molecule has 15 heavy (non-hydrogen) atoms. The molecule has 0 saturated carbocycles. The van der Waals surface area contributed by atoms with Crippen molar-refractivity contribution >= 4 is 17.4 Å². The van der Waals surface area contributed by atoms with Gasteiger partial charge in [0.05, 0.1) is 6.54 Å². The lowest BCUT2D eigenvalue weighted by Gasteiger charge is -2.19. The van der Waals surface area contributed by atoms with E-state index in [1.807, 2.05) is 20.9 Å². The van der Waals surface area contributed by atoms with Crippen LogP contribution in [0.1, 0.15) is 24.3 Å². The maximum absolute atomic E-state index is 11.6. The van der Waals surface area contributed by atoms with Crippen LogP contribution < -0.4 is 5.32 Å².